The molecular weight excluding hydrogens is 190 g/mol. The lowest BCUT2D eigenvalue weighted by Crippen LogP contribution is -2.01. The predicted octanol–water partition coefficient (Wildman–Crippen LogP) is 1.63. The zero-order valence-corrected chi connectivity index (χ0v) is 8.75. The zero-order chi connectivity index (χ0) is 10.8. The van der Waals surface area contributed by atoms with Gasteiger partial charge in [-0.05, 0) is 31.5 Å². The van der Waals surface area contributed by atoms with Crippen LogP contribution in [-0.2, 0) is 0 Å². The molecule has 0 amide bonds. The summed E-state index contributed by atoms with van der Waals surface area (Å²) in [6, 6.07) is 3.67. The highest BCUT2D eigenvalue weighted by molar-refractivity contribution is 5.30. The normalized spacial score (nSPS) is 12.7. The van der Waals surface area contributed by atoms with E-state index in [-0.39, 0.29) is 0 Å². The second kappa shape index (κ2) is 3.82. The van der Waals surface area contributed by atoms with Gasteiger partial charge in [-0.2, -0.15) is 0 Å². The molecule has 2 aromatic heterocycles. The van der Waals surface area contributed by atoms with E-state index in [0.717, 1.165) is 17.2 Å². The van der Waals surface area contributed by atoms with E-state index < -0.39 is 6.10 Å². The molecule has 15 heavy (non-hydrogen) atoms. The molecule has 78 valence electrons. The Morgan fingerprint density at radius 3 is 2.73 bits per heavy atom. The summed E-state index contributed by atoms with van der Waals surface area (Å²) >= 11 is 0. The number of aliphatic hydroxyl groups is 1. The maximum absolute atomic E-state index is 9.46. The van der Waals surface area contributed by atoms with Crippen molar-refractivity contribution in [1.82, 2.24) is 14.5 Å². The third-order valence-electron chi connectivity index (χ3n) is 2.32. The monoisotopic (exact) mass is 203 g/mol. The fourth-order valence-corrected chi connectivity index (χ4v) is 1.45. The summed E-state index contributed by atoms with van der Waals surface area (Å²) in [5, 5.41) is 9.46. The molecule has 0 bridgehead atoms. The number of rotatable bonds is 2. The maximum Gasteiger partial charge on any atom is 0.138 e. The first-order valence-corrected chi connectivity index (χ1v) is 4.83. The molecule has 0 aliphatic rings. The van der Waals surface area contributed by atoms with E-state index in [1.807, 2.05) is 23.8 Å². The van der Waals surface area contributed by atoms with Gasteiger partial charge in [-0.3, -0.25) is 4.57 Å². The number of aliphatic hydroxyl groups excluding tert-OH is 1. The van der Waals surface area contributed by atoms with Gasteiger partial charge in [0, 0.05) is 18.6 Å². The Balaban J connectivity index is 2.46. The summed E-state index contributed by atoms with van der Waals surface area (Å²) < 4.78 is 1.88. The summed E-state index contributed by atoms with van der Waals surface area (Å²) in [5.41, 5.74) is 0.855. The predicted molar refractivity (Wildman–Crippen MR) is 56.7 cm³/mol. The van der Waals surface area contributed by atoms with Gasteiger partial charge in [-0.15, -0.1) is 0 Å². The number of aryl methyl sites for hydroxylation is 1. The van der Waals surface area contributed by atoms with E-state index in [1.165, 1.54) is 0 Å². The number of pyridine rings is 1. The first-order valence-electron chi connectivity index (χ1n) is 4.83. The average molecular weight is 203 g/mol. The van der Waals surface area contributed by atoms with Crippen LogP contribution in [0.4, 0.5) is 0 Å². The molecule has 4 nitrogen and oxygen atoms in total. The van der Waals surface area contributed by atoms with E-state index >= 15 is 0 Å². The molecule has 0 fully saturated rings. The third kappa shape index (κ3) is 1.89. The Labute approximate surface area is 88.2 Å². The van der Waals surface area contributed by atoms with Crippen LogP contribution in [0, 0.1) is 6.92 Å². The maximum atomic E-state index is 9.46. The Bertz CT molecular complexity index is 462. The highest BCUT2D eigenvalue weighted by Crippen LogP contribution is 2.15. The third-order valence-corrected chi connectivity index (χ3v) is 2.32. The molecule has 0 aromatic carbocycles. The number of nitrogens with zero attached hydrogens (tertiary/aromatic N) is 3. The fourth-order valence-electron chi connectivity index (χ4n) is 1.45. The Morgan fingerprint density at radius 1 is 1.33 bits per heavy atom. The molecule has 0 saturated carbocycles. The van der Waals surface area contributed by atoms with Crippen LogP contribution in [-0.4, -0.2) is 19.6 Å². The van der Waals surface area contributed by atoms with Gasteiger partial charge in [-0.25, -0.2) is 9.97 Å². The van der Waals surface area contributed by atoms with Crippen molar-refractivity contribution >= 4 is 0 Å². The first-order chi connectivity index (χ1) is 7.18. The summed E-state index contributed by atoms with van der Waals surface area (Å²) in [7, 11) is 0. The first kappa shape index (κ1) is 9.86. The van der Waals surface area contributed by atoms with Crippen molar-refractivity contribution in [2.45, 2.75) is 20.0 Å². The van der Waals surface area contributed by atoms with E-state index in [4.69, 9.17) is 0 Å². The molecule has 0 saturated heterocycles. The number of hydrogen-bond donors (Lipinski definition) is 1. The van der Waals surface area contributed by atoms with Gasteiger partial charge in [0.2, 0.25) is 0 Å². The van der Waals surface area contributed by atoms with Gasteiger partial charge in [0.15, 0.2) is 0 Å². The van der Waals surface area contributed by atoms with E-state index in [2.05, 4.69) is 9.97 Å². The minimum Gasteiger partial charge on any atom is -0.389 e. The average Bonchev–Trinajstić information content (AvgIpc) is 2.64. The van der Waals surface area contributed by atoms with Crippen molar-refractivity contribution < 1.29 is 5.11 Å². The van der Waals surface area contributed by atoms with Crippen LogP contribution >= 0.6 is 0 Å². The van der Waals surface area contributed by atoms with Crippen LogP contribution in [0.1, 0.15) is 24.4 Å². The Hall–Kier alpha value is -1.68. The molecule has 2 heterocycles. The van der Waals surface area contributed by atoms with Gasteiger partial charge < -0.3 is 5.11 Å². The molecule has 0 spiro atoms. The van der Waals surface area contributed by atoms with Crippen molar-refractivity contribution in [3.63, 3.8) is 0 Å². The number of imidazole rings is 1. The van der Waals surface area contributed by atoms with Crippen molar-refractivity contribution in [1.29, 1.82) is 0 Å². The molecule has 1 atom stereocenters. The van der Waals surface area contributed by atoms with Crippen molar-refractivity contribution in [3.8, 4) is 5.82 Å². The smallest absolute Gasteiger partial charge is 0.138 e. The molecule has 0 aliphatic carbocycles. The minimum atomic E-state index is -0.476. The van der Waals surface area contributed by atoms with Gasteiger partial charge in [-0.1, -0.05) is 0 Å². The van der Waals surface area contributed by atoms with E-state index in [9.17, 15) is 5.11 Å². The molecule has 0 aliphatic heterocycles. The largest absolute Gasteiger partial charge is 0.389 e. The Morgan fingerprint density at radius 2 is 2.13 bits per heavy atom. The molecule has 0 unspecified atom stereocenters. The molecule has 2 aromatic rings. The molecular formula is C11H13N3O. The van der Waals surface area contributed by atoms with Crippen molar-refractivity contribution in [2.24, 2.45) is 0 Å². The van der Waals surface area contributed by atoms with E-state index in [0.29, 0.717) is 0 Å². The quantitative estimate of drug-likeness (QED) is 0.807. The zero-order valence-electron chi connectivity index (χ0n) is 8.75. The van der Waals surface area contributed by atoms with Gasteiger partial charge >= 0.3 is 0 Å². The van der Waals surface area contributed by atoms with Crippen molar-refractivity contribution in [3.05, 3.63) is 42.1 Å². The van der Waals surface area contributed by atoms with Crippen LogP contribution in [0.25, 0.3) is 5.82 Å². The van der Waals surface area contributed by atoms with Gasteiger partial charge in [0.05, 0.1) is 6.10 Å². The van der Waals surface area contributed by atoms with Gasteiger partial charge in [0.25, 0.3) is 0 Å². The van der Waals surface area contributed by atoms with Crippen LogP contribution in [0.5, 0.6) is 0 Å². The number of hydrogen-bond acceptors (Lipinski definition) is 3. The lowest BCUT2D eigenvalue weighted by molar-refractivity contribution is 0.199. The van der Waals surface area contributed by atoms with Crippen LogP contribution in [0.2, 0.25) is 0 Å². The molecule has 2 rings (SSSR count). The van der Waals surface area contributed by atoms with Crippen LogP contribution < -0.4 is 0 Å². The summed E-state index contributed by atoms with van der Waals surface area (Å²) in [4.78, 5) is 8.36. The highest BCUT2D eigenvalue weighted by atomic mass is 16.3. The standard InChI is InChI=1S/C11H13N3O/c1-8(15)10-3-4-13-11(7-10)14-6-5-12-9(14)2/h3-8,15H,1-2H3/t8-/m1/s1. The van der Waals surface area contributed by atoms with E-state index in [1.54, 1.807) is 25.4 Å². The van der Waals surface area contributed by atoms with Crippen LogP contribution in [0.3, 0.4) is 0 Å². The Kier molecular flexibility index (Phi) is 2.51. The molecule has 0 radical (unpaired) electrons. The highest BCUT2D eigenvalue weighted by Gasteiger charge is 2.05. The van der Waals surface area contributed by atoms with Crippen LogP contribution in [0.15, 0.2) is 30.7 Å². The molecule has 4 heteroatoms. The van der Waals surface area contributed by atoms with Crippen molar-refractivity contribution in [2.75, 3.05) is 0 Å². The fraction of sp³-hybridized carbons (Fsp3) is 0.273. The topological polar surface area (TPSA) is 50.9 Å². The minimum absolute atomic E-state index is 0.476. The SMILES string of the molecule is Cc1nccn1-c1cc([C@@H](C)O)ccn1. The molecule has 1 N–H and O–H groups in total. The second-order valence-corrected chi connectivity index (χ2v) is 3.47. The van der Waals surface area contributed by atoms with Gasteiger partial charge in [0.1, 0.15) is 11.6 Å². The lowest BCUT2D eigenvalue weighted by Gasteiger charge is -2.08. The lowest BCUT2D eigenvalue weighted by atomic mass is 10.2. The second-order valence-electron chi connectivity index (χ2n) is 3.47. The summed E-state index contributed by atoms with van der Waals surface area (Å²) in [6.45, 7) is 3.65. The summed E-state index contributed by atoms with van der Waals surface area (Å²) in [6.07, 6.45) is 4.79. The summed E-state index contributed by atoms with van der Waals surface area (Å²) in [5.74, 6) is 1.66. The number of aromatic nitrogens is 3.